The third kappa shape index (κ3) is 5.14. The summed E-state index contributed by atoms with van der Waals surface area (Å²) in [6.07, 6.45) is 8.32. The van der Waals surface area contributed by atoms with Gasteiger partial charge in [-0.1, -0.05) is 12.1 Å². The Morgan fingerprint density at radius 3 is 2.88 bits per heavy atom. The van der Waals surface area contributed by atoms with E-state index in [0.717, 1.165) is 44.3 Å². The first-order valence-electron chi connectivity index (χ1n) is 8.62. The first-order chi connectivity index (χ1) is 11.8. The highest BCUT2D eigenvalue weighted by molar-refractivity contribution is 7.09. The normalized spacial score (nSPS) is 15.6. The van der Waals surface area contributed by atoms with Crippen molar-refractivity contribution in [1.29, 1.82) is 0 Å². The van der Waals surface area contributed by atoms with E-state index in [1.54, 1.807) is 17.5 Å². The topological polar surface area (TPSA) is 42.4 Å². The monoisotopic (exact) mass is 344 g/mol. The number of rotatable bonds is 7. The van der Waals surface area contributed by atoms with E-state index in [4.69, 9.17) is 4.74 Å². The van der Waals surface area contributed by atoms with Crippen molar-refractivity contribution < 1.29 is 9.53 Å². The molecule has 1 aliphatic heterocycles. The van der Waals surface area contributed by atoms with Crippen molar-refractivity contribution in [3.05, 3.63) is 52.5 Å². The van der Waals surface area contributed by atoms with Crippen LogP contribution in [0.5, 0.6) is 0 Å². The van der Waals surface area contributed by atoms with Crippen molar-refractivity contribution in [2.45, 2.75) is 44.8 Å². The van der Waals surface area contributed by atoms with Crippen LogP contribution >= 0.6 is 11.3 Å². The second-order valence-corrected chi connectivity index (χ2v) is 7.22. The number of carbonyl (C=O) groups excluding carboxylic acids is 1. The van der Waals surface area contributed by atoms with Crippen molar-refractivity contribution in [1.82, 2.24) is 9.88 Å². The highest BCUT2D eigenvalue weighted by Crippen LogP contribution is 2.18. The summed E-state index contributed by atoms with van der Waals surface area (Å²) in [6, 6.07) is 8.16. The van der Waals surface area contributed by atoms with Crippen molar-refractivity contribution in [2.24, 2.45) is 0 Å². The summed E-state index contributed by atoms with van der Waals surface area (Å²) in [5.41, 5.74) is 1.10. The van der Waals surface area contributed by atoms with E-state index in [-0.39, 0.29) is 12.0 Å². The number of aromatic nitrogens is 1. The summed E-state index contributed by atoms with van der Waals surface area (Å²) in [4.78, 5) is 19.8. The molecule has 3 heterocycles. The van der Waals surface area contributed by atoms with Crippen LogP contribution in [0.3, 0.4) is 0 Å². The number of likely N-dealkylation sites (tertiary alicyclic amines) is 1. The van der Waals surface area contributed by atoms with Gasteiger partial charge in [0, 0.05) is 36.8 Å². The van der Waals surface area contributed by atoms with Crippen LogP contribution in [0.15, 0.2) is 42.0 Å². The Kier molecular flexibility index (Phi) is 6.38. The smallest absolute Gasteiger partial charge is 0.222 e. The van der Waals surface area contributed by atoms with Gasteiger partial charge in [-0.25, -0.2) is 0 Å². The number of hydrogen-bond acceptors (Lipinski definition) is 4. The van der Waals surface area contributed by atoms with Crippen LogP contribution in [0.2, 0.25) is 0 Å². The predicted octanol–water partition coefficient (Wildman–Crippen LogP) is 3.67. The molecule has 5 heteroatoms. The standard InChI is InChI=1S/C19H24N2O2S/c22-19(7-1-5-18-6-3-13-24-18)21-11-8-17(9-12-21)23-15-16-4-2-10-20-14-16/h2-4,6,10,13-14,17H,1,5,7-9,11-12,15H2. The molecule has 0 spiro atoms. The van der Waals surface area contributed by atoms with Crippen LogP contribution in [0.25, 0.3) is 0 Å². The van der Waals surface area contributed by atoms with E-state index in [9.17, 15) is 4.79 Å². The van der Waals surface area contributed by atoms with Crippen molar-refractivity contribution >= 4 is 17.2 Å². The molecule has 0 aliphatic carbocycles. The molecule has 3 rings (SSSR count). The SMILES string of the molecule is O=C(CCCc1cccs1)N1CCC(OCc2cccnc2)CC1. The maximum atomic E-state index is 12.3. The molecule has 1 fully saturated rings. The summed E-state index contributed by atoms with van der Waals surface area (Å²) in [7, 11) is 0. The van der Waals surface area contributed by atoms with E-state index >= 15 is 0 Å². The molecule has 1 amide bonds. The number of amides is 1. The first kappa shape index (κ1) is 17.1. The highest BCUT2D eigenvalue weighted by atomic mass is 32.1. The summed E-state index contributed by atoms with van der Waals surface area (Å²) in [5, 5.41) is 2.09. The van der Waals surface area contributed by atoms with Gasteiger partial charge in [0.1, 0.15) is 0 Å². The maximum Gasteiger partial charge on any atom is 0.222 e. The van der Waals surface area contributed by atoms with E-state index in [1.165, 1.54) is 4.88 Å². The van der Waals surface area contributed by atoms with Crippen LogP contribution in [-0.2, 0) is 22.6 Å². The third-order valence-electron chi connectivity index (χ3n) is 4.40. The minimum atomic E-state index is 0.250. The molecule has 2 aromatic rings. The Balaban J connectivity index is 1.33. The number of pyridine rings is 1. The minimum absolute atomic E-state index is 0.250. The van der Waals surface area contributed by atoms with Gasteiger partial charge in [-0.3, -0.25) is 9.78 Å². The fraction of sp³-hybridized carbons (Fsp3) is 0.474. The molecule has 0 N–H and O–H groups in total. The molecule has 0 saturated carbocycles. The quantitative estimate of drug-likeness (QED) is 0.769. The summed E-state index contributed by atoms with van der Waals surface area (Å²) >= 11 is 1.77. The number of ether oxygens (including phenoxy) is 1. The molecular formula is C19H24N2O2S. The molecule has 1 saturated heterocycles. The van der Waals surface area contributed by atoms with Gasteiger partial charge in [0.15, 0.2) is 0 Å². The minimum Gasteiger partial charge on any atom is -0.373 e. The lowest BCUT2D eigenvalue weighted by atomic mass is 10.1. The molecule has 0 bridgehead atoms. The second kappa shape index (κ2) is 8.94. The highest BCUT2D eigenvalue weighted by Gasteiger charge is 2.22. The lowest BCUT2D eigenvalue weighted by Crippen LogP contribution is -2.40. The Morgan fingerprint density at radius 1 is 1.29 bits per heavy atom. The van der Waals surface area contributed by atoms with Crippen LogP contribution in [0.4, 0.5) is 0 Å². The number of carbonyl (C=O) groups is 1. The summed E-state index contributed by atoms with van der Waals surface area (Å²) in [5.74, 6) is 0.289. The van der Waals surface area contributed by atoms with Gasteiger partial charge in [0.2, 0.25) is 5.91 Å². The zero-order valence-electron chi connectivity index (χ0n) is 13.9. The van der Waals surface area contributed by atoms with Gasteiger partial charge in [-0.05, 0) is 48.8 Å². The van der Waals surface area contributed by atoms with Crippen LogP contribution in [-0.4, -0.2) is 35.0 Å². The van der Waals surface area contributed by atoms with E-state index in [2.05, 4.69) is 22.5 Å². The fourth-order valence-corrected chi connectivity index (χ4v) is 3.75. The number of nitrogens with zero attached hydrogens (tertiary/aromatic N) is 2. The first-order valence-corrected chi connectivity index (χ1v) is 9.50. The number of aryl methyl sites for hydroxylation is 1. The number of hydrogen-bond donors (Lipinski definition) is 0. The largest absolute Gasteiger partial charge is 0.373 e. The van der Waals surface area contributed by atoms with Crippen LogP contribution in [0.1, 0.15) is 36.1 Å². The molecule has 0 radical (unpaired) electrons. The van der Waals surface area contributed by atoms with Crippen molar-refractivity contribution in [3.63, 3.8) is 0 Å². The second-order valence-electron chi connectivity index (χ2n) is 6.19. The lowest BCUT2D eigenvalue weighted by molar-refractivity contribution is -0.134. The van der Waals surface area contributed by atoms with Crippen molar-refractivity contribution in [2.75, 3.05) is 13.1 Å². The molecule has 0 aromatic carbocycles. The van der Waals surface area contributed by atoms with E-state index < -0.39 is 0 Å². The average Bonchev–Trinajstić information content (AvgIpc) is 3.15. The van der Waals surface area contributed by atoms with Gasteiger partial charge in [0.25, 0.3) is 0 Å². The van der Waals surface area contributed by atoms with Gasteiger partial charge < -0.3 is 9.64 Å². The zero-order chi connectivity index (χ0) is 16.6. The number of thiophene rings is 1. The molecule has 4 nitrogen and oxygen atoms in total. The number of piperidine rings is 1. The van der Waals surface area contributed by atoms with E-state index in [0.29, 0.717) is 13.0 Å². The van der Waals surface area contributed by atoms with Gasteiger partial charge in [-0.2, -0.15) is 0 Å². The molecule has 2 aromatic heterocycles. The molecule has 0 unspecified atom stereocenters. The predicted molar refractivity (Wildman–Crippen MR) is 95.9 cm³/mol. The van der Waals surface area contributed by atoms with Gasteiger partial charge in [0.05, 0.1) is 12.7 Å². The summed E-state index contributed by atoms with van der Waals surface area (Å²) < 4.78 is 5.95. The third-order valence-corrected chi connectivity index (χ3v) is 5.33. The van der Waals surface area contributed by atoms with Crippen LogP contribution in [0, 0.1) is 0 Å². The molecule has 24 heavy (non-hydrogen) atoms. The molecular weight excluding hydrogens is 320 g/mol. The maximum absolute atomic E-state index is 12.3. The van der Waals surface area contributed by atoms with E-state index in [1.807, 2.05) is 23.2 Å². The van der Waals surface area contributed by atoms with Crippen molar-refractivity contribution in [3.8, 4) is 0 Å². The molecule has 1 aliphatic rings. The molecule has 0 atom stereocenters. The Morgan fingerprint density at radius 2 is 2.17 bits per heavy atom. The fourth-order valence-electron chi connectivity index (χ4n) is 3.00. The molecule has 128 valence electrons. The Bertz CT molecular complexity index is 608. The van der Waals surface area contributed by atoms with Gasteiger partial charge >= 0.3 is 0 Å². The lowest BCUT2D eigenvalue weighted by Gasteiger charge is -2.32. The van der Waals surface area contributed by atoms with Crippen LogP contribution < -0.4 is 0 Å². The van der Waals surface area contributed by atoms with Gasteiger partial charge in [-0.15, -0.1) is 11.3 Å². The average molecular weight is 344 g/mol. The Labute approximate surface area is 147 Å². The zero-order valence-corrected chi connectivity index (χ0v) is 14.7. The summed E-state index contributed by atoms with van der Waals surface area (Å²) in [6.45, 7) is 2.23. The Hall–Kier alpha value is -1.72.